The Labute approximate surface area is 175 Å². The van der Waals surface area contributed by atoms with Crippen LogP contribution in [0.5, 0.6) is 5.75 Å². The monoisotopic (exact) mass is 429 g/mol. The molecular formula is C21H23N3O5S. The number of benzene rings is 2. The second-order valence-corrected chi connectivity index (χ2v) is 9.15. The molecule has 0 bridgehead atoms. The van der Waals surface area contributed by atoms with Crippen molar-refractivity contribution in [3.05, 3.63) is 71.1 Å². The molecule has 0 spiro atoms. The molecule has 2 aromatic carbocycles. The number of amides is 1. The number of carbonyl (C=O) groups is 1. The summed E-state index contributed by atoms with van der Waals surface area (Å²) in [4.78, 5) is 12.2. The van der Waals surface area contributed by atoms with E-state index in [9.17, 15) is 13.2 Å². The second kappa shape index (κ2) is 9.00. The Hall–Kier alpha value is -3.33. The van der Waals surface area contributed by atoms with Crippen LogP contribution in [0.25, 0.3) is 0 Å². The third-order valence-corrected chi connectivity index (χ3v) is 4.98. The van der Waals surface area contributed by atoms with Gasteiger partial charge in [0.05, 0.1) is 11.9 Å². The molecule has 1 heterocycles. The zero-order valence-electron chi connectivity index (χ0n) is 16.9. The highest BCUT2D eigenvalue weighted by molar-refractivity contribution is 7.90. The Morgan fingerprint density at radius 2 is 1.93 bits per heavy atom. The summed E-state index contributed by atoms with van der Waals surface area (Å²) in [6, 6.07) is 12.5. The molecule has 158 valence electrons. The number of anilines is 2. The molecule has 0 saturated heterocycles. The van der Waals surface area contributed by atoms with E-state index >= 15 is 0 Å². The van der Waals surface area contributed by atoms with Gasteiger partial charge in [-0.05, 0) is 37.1 Å². The van der Waals surface area contributed by atoms with Crippen LogP contribution in [0.3, 0.4) is 0 Å². The zero-order valence-corrected chi connectivity index (χ0v) is 17.7. The van der Waals surface area contributed by atoms with Gasteiger partial charge in [-0.15, -0.1) is 0 Å². The largest absolute Gasteiger partial charge is 0.487 e. The summed E-state index contributed by atoms with van der Waals surface area (Å²) < 4.78 is 33.9. The van der Waals surface area contributed by atoms with Crippen molar-refractivity contribution in [3.8, 4) is 5.75 Å². The summed E-state index contributed by atoms with van der Waals surface area (Å²) in [5.74, 6) is -0.205. The van der Waals surface area contributed by atoms with E-state index in [1.54, 1.807) is 18.2 Å². The molecule has 0 unspecified atom stereocenters. The number of hydrogen-bond donors (Lipinski definition) is 2. The van der Waals surface area contributed by atoms with Crippen LogP contribution in [0.2, 0.25) is 0 Å². The van der Waals surface area contributed by atoms with Crippen molar-refractivity contribution in [2.24, 2.45) is 0 Å². The average molecular weight is 429 g/mol. The molecule has 3 aromatic rings. The molecule has 0 fully saturated rings. The summed E-state index contributed by atoms with van der Waals surface area (Å²) in [6.07, 6.45) is 2.52. The summed E-state index contributed by atoms with van der Waals surface area (Å²) in [6.45, 7) is 4.29. The highest BCUT2D eigenvalue weighted by Crippen LogP contribution is 2.30. The fourth-order valence-electron chi connectivity index (χ4n) is 2.71. The number of nitrogens with zero attached hydrogens (tertiary/aromatic N) is 1. The summed E-state index contributed by atoms with van der Waals surface area (Å²) in [5.41, 5.74) is 4.18. The van der Waals surface area contributed by atoms with Gasteiger partial charge in [0.15, 0.2) is 9.84 Å². The van der Waals surface area contributed by atoms with Crippen molar-refractivity contribution in [1.29, 1.82) is 0 Å². The number of hydrogen-bond acceptors (Lipinski definition) is 7. The van der Waals surface area contributed by atoms with E-state index in [0.29, 0.717) is 23.7 Å². The summed E-state index contributed by atoms with van der Waals surface area (Å²) in [7, 11) is -3.23. The van der Waals surface area contributed by atoms with Crippen LogP contribution >= 0.6 is 0 Å². The van der Waals surface area contributed by atoms with Gasteiger partial charge in [-0.3, -0.25) is 4.79 Å². The predicted octanol–water partition coefficient (Wildman–Crippen LogP) is 3.54. The van der Waals surface area contributed by atoms with Crippen molar-refractivity contribution >= 4 is 27.1 Å². The molecule has 30 heavy (non-hydrogen) atoms. The fraction of sp³-hybridized carbons (Fsp3) is 0.238. The Balaban J connectivity index is 1.83. The lowest BCUT2D eigenvalue weighted by atomic mass is 10.1. The molecule has 9 heteroatoms. The SMILES string of the molecule is Cc1ccc(C)c(COc2cc(NC(=O)c3ccno3)ccc2NCS(C)(=O)=O)c1. The minimum absolute atomic E-state index is 0.0760. The number of nitrogens with one attached hydrogen (secondary N) is 2. The molecule has 0 atom stereocenters. The third-order valence-electron chi connectivity index (χ3n) is 4.31. The number of aromatic nitrogens is 1. The van der Waals surface area contributed by atoms with E-state index in [4.69, 9.17) is 9.26 Å². The van der Waals surface area contributed by atoms with Crippen LogP contribution in [0.4, 0.5) is 11.4 Å². The first-order chi connectivity index (χ1) is 14.2. The van der Waals surface area contributed by atoms with Crippen LogP contribution in [-0.4, -0.2) is 31.6 Å². The maximum Gasteiger partial charge on any atom is 0.294 e. The maximum absolute atomic E-state index is 12.2. The van der Waals surface area contributed by atoms with E-state index in [1.165, 1.54) is 12.3 Å². The van der Waals surface area contributed by atoms with Crippen LogP contribution < -0.4 is 15.4 Å². The fourth-order valence-corrected chi connectivity index (χ4v) is 3.13. The standard InChI is InChI=1S/C21H23N3O5S/c1-14-4-5-15(2)16(10-14)12-28-20-11-17(24-21(25)19-8-9-23-29-19)6-7-18(20)22-13-30(3,26)27/h4-11,22H,12-13H2,1-3H3,(H,24,25). The Kier molecular flexibility index (Phi) is 6.41. The van der Waals surface area contributed by atoms with Gasteiger partial charge in [-0.25, -0.2) is 8.42 Å². The van der Waals surface area contributed by atoms with Crippen molar-refractivity contribution in [2.75, 3.05) is 22.8 Å². The topological polar surface area (TPSA) is 111 Å². The number of ether oxygens (including phenoxy) is 1. The van der Waals surface area contributed by atoms with Crippen molar-refractivity contribution < 1.29 is 22.5 Å². The first-order valence-electron chi connectivity index (χ1n) is 9.18. The van der Waals surface area contributed by atoms with Gasteiger partial charge in [0.25, 0.3) is 5.91 Å². The lowest BCUT2D eigenvalue weighted by Gasteiger charge is -2.16. The minimum Gasteiger partial charge on any atom is -0.487 e. The van der Waals surface area contributed by atoms with E-state index in [1.807, 2.05) is 32.0 Å². The van der Waals surface area contributed by atoms with Gasteiger partial charge in [0.1, 0.15) is 18.2 Å². The number of rotatable bonds is 8. The van der Waals surface area contributed by atoms with Gasteiger partial charge < -0.3 is 19.9 Å². The number of aryl methyl sites for hydroxylation is 2. The lowest BCUT2D eigenvalue weighted by Crippen LogP contribution is -2.14. The van der Waals surface area contributed by atoms with Gasteiger partial charge >= 0.3 is 0 Å². The molecule has 3 rings (SSSR count). The molecule has 0 saturated carbocycles. The molecule has 2 N–H and O–H groups in total. The zero-order chi connectivity index (χ0) is 21.7. The van der Waals surface area contributed by atoms with Crippen LogP contribution in [0.15, 0.2) is 53.2 Å². The Bertz CT molecular complexity index is 1140. The average Bonchev–Trinajstić information content (AvgIpc) is 3.22. The lowest BCUT2D eigenvalue weighted by molar-refractivity contribution is 0.0988. The van der Waals surface area contributed by atoms with Crippen molar-refractivity contribution in [1.82, 2.24) is 5.16 Å². The van der Waals surface area contributed by atoms with Gasteiger partial charge in [0, 0.05) is 24.1 Å². The first kappa shape index (κ1) is 21.4. The predicted molar refractivity (Wildman–Crippen MR) is 114 cm³/mol. The van der Waals surface area contributed by atoms with Crippen LogP contribution in [0, 0.1) is 13.8 Å². The Morgan fingerprint density at radius 3 is 2.63 bits per heavy atom. The smallest absolute Gasteiger partial charge is 0.294 e. The van der Waals surface area contributed by atoms with E-state index in [0.717, 1.165) is 22.9 Å². The molecule has 1 aromatic heterocycles. The van der Waals surface area contributed by atoms with Gasteiger partial charge in [0.2, 0.25) is 5.76 Å². The second-order valence-electron chi connectivity index (χ2n) is 7.01. The highest BCUT2D eigenvalue weighted by Gasteiger charge is 2.13. The number of sulfone groups is 1. The van der Waals surface area contributed by atoms with Crippen molar-refractivity contribution in [3.63, 3.8) is 0 Å². The van der Waals surface area contributed by atoms with Crippen LogP contribution in [0.1, 0.15) is 27.2 Å². The van der Waals surface area contributed by atoms with E-state index < -0.39 is 15.7 Å². The molecule has 1 amide bonds. The van der Waals surface area contributed by atoms with E-state index in [2.05, 4.69) is 15.8 Å². The molecule has 0 aliphatic carbocycles. The Morgan fingerprint density at radius 1 is 1.13 bits per heavy atom. The molecule has 8 nitrogen and oxygen atoms in total. The minimum atomic E-state index is -3.23. The summed E-state index contributed by atoms with van der Waals surface area (Å²) in [5, 5.41) is 9.09. The van der Waals surface area contributed by atoms with E-state index in [-0.39, 0.29) is 11.6 Å². The molecule has 0 aliphatic heterocycles. The van der Waals surface area contributed by atoms with Gasteiger partial charge in [-0.1, -0.05) is 28.9 Å². The quantitative estimate of drug-likeness (QED) is 0.563. The van der Waals surface area contributed by atoms with Crippen LogP contribution in [-0.2, 0) is 16.4 Å². The maximum atomic E-state index is 12.2. The first-order valence-corrected chi connectivity index (χ1v) is 11.2. The third kappa shape index (κ3) is 5.84. The highest BCUT2D eigenvalue weighted by atomic mass is 32.2. The van der Waals surface area contributed by atoms with Gasteiger partial charge in [-0.2, -0.15) is 0 Å². The molecular weight excluding hydrogens is 406 g/mol. The normalized spacial score (nSPS) is 11.2. The molecule has 0 aliphatic rings. The summed E-state index contributed by atoms with van der Waals surface area (Å²) >= 11 is 0. The van der Waals surface area contributed by atoms with Crippen molar-refractivity contribution in [2.45, 2.75) is 20.5 Å². The number of carbonyl (C=O) groups excluding carboxylic acids is 1. The molecule has 0 radical (unpaired) electrons.